The Balaban J connectivity index is 2.06. The van der Waals surface area contributed by atoms with Crippen LogP contribution >= 0.6 is 0 Å². The quantitative estimate of drug-likeness (QED) is 0.860. The molecule has 0 bridgehead atoms. The van der Waals surface area contributed by atoms with Crippen molar-refractivity contribution < 1.29 is 23.1 Å². The van der Waals surface area contributed by atoms with E-state index in [-0.39, 0.29) is 0 Å². The Morgan fingerprint density at radius 3 is 2.55 bits per heavy atom. The molecule has 1 aromatic rings. The standard InChI is InChI=1S/C14H16F3NO2/c15-14(16,17)12-5-4-10(8-11(12)13(19)20)18-7-6-9-2-1-3-9/h4-5,8-9,18H,1-3,6-7H2,(H,19,20). The minimum Gasteiger partial charge on any atom is -0.478 e. The third kappa shape index (κ3) is 3.43. The molecular formula is C14H16F3NO2. The number of halogens is 3. The number of carbonyl (C=O) groups is 1. The molecule has 0 radical (unpaired) electrons. The van der Waals surface area contributed by atoms with Crippen LogP contribution < -0.4 is 5.32 Å². The number of carboxylic acids is 1. The van der Waals surface area contributed by atoms with Crippen LogP contribution in [0.4, 0.5) is 18.9 Å². The summed E-state index contributed by atoms with van der Waals surface area (Å²) >= 11 is 0. The van der Waals surface area contributed by atoms with Gasteiger partial charge < -0.3 is 10.4 Å². The van der Waals surface area contributed by atoms with Crippen LogP contribution in [0.3, 0.4) is 0 Å². The predicted octanol–water partition coefficient (Wildman–Crippen LogP) is 4.01. The molecule has 6 heteroatoms. The van der Waals surface area contributed by atoms with E-state index >= 15 is 0 Å². The molecule has 110 valence electrons. The lowest BCUT2D eigenvalue weighted by atomic mass is 9.83. The highest BCUT2D eigenvalue weighted by atomic mass is 19.4. The smallest absolute Gasteiger partial charge is 0.417 e. The van der Waals surface area contributed by atoms with Crippen molar-refractivity contribution in [2.75, 3.05) is 11.9 Å². The van der Waals surface area contributed by atoms with E-state index in [0.717, 1.165) is 18.6 Å². The number of hydrogen-bond acceptors (Lipinski definition) is 2. The van der Waals surface area contributed by atoms with Gasteiger partial charge in [-0.3, -0.25) is 0 Å². The Bertz CT molecular complexity index is 496. The molecule has 1 saturated carbocycles. The molecule has 2 N–H and O–H groups in total. The van der Waals surface area contributed by atoms with Gasteiger partial charge in [-0.1, -0.05) is 19.3 Å². The molecule has 0 aliphatic heterocycles. The van der Waals surface area contributed by atoms with Crippen LogP contribution in [0.2, 0.25) is 0 Å². The van der Waals surface area contributed by atoms with Crippen LogP contribution in [-0.4, -0.2) is 17.6 Å². The third-order valence-corrected chi connectivity index (χ3v) is 3.66. The summed E-state index contributed by atoms with van der Waals surface area (Å²) in [7, 11) is 0. The van der Waals surface area contributed by atoms with Gasteiger partial charge in [-0.15, -0.1) is 0 Å². The highest BCUT2D eigenvalue weighted by molar-refractivity contribution is 5.91. The first-order valence-electron chi connectivity index (χ1n) is 6.56. The lowest BCUT2D eigenvalue weighted by Crippen LogP contribution is -2.16. The van der Waals surface area contributed by atoms with Gasteiger partial charge in [-0.25, -0.2) is 4.79 Å². The Hall–Kier alpha value is -1.72. The van der Waals surface area contributed by atoms with Gasteiger partial charge in [0.15, 0.2) is 0 Å². The maximum Gasteiger partial charge on any atom is 0.417 e. The Morgan fingerprint density at radius 2 is 2.05 bits per heavy atom. The largest absolute Gasteiger partial charge is 0.478 e. The summed E-state index contributed by atoms with van der Waals surface area (Å²) in [6.45, 7) is 0.648. The molecule has 1 aliphatic carbocycles. The minimum absolute atomic E-state index is 0.412. The SMILES string of the molecule is O=C(O)c1cc(NCCC2CCC2)ccc1C(F)(F)F. The Labute approximate surface area is 114 Å². The van der Waals surface area contributed by atoms with Gasteiger partial charge >= 0.3 is 12.1 Å². The average Bonchev–Trinajstić information content (AvgIpc) is 2.30. The molecular weight excluding hydrogens is 271 g/mol. The molecule has 1 fully saturated rings. The number of alkyl halides is 3. The van der Waals surface area contributed by atoms with Gasteiger partial charge in [0.05, 0.1) is 11.1 Å². The van der Waals surface area contributed by atoms with Crippen LogP contribution in [0.15, 0.2) is 18.2 Å². The number of aromatic carboxylic acids is 1. The van der Waals surface area contributed by atoms with Gasteiger partial charge in [-0.05, 0) is 30.5 Å². The highest BCUT2D eigenvalue weighted by Crippen LogP contribution is 2.33. The summed E-state index contributed by atoms with van der Waals surface area (Å²) < 4.78 is 38.0. The number of nitrogens with one attached hydrogen (secondary N) is 1. The van der Waals surface area contributed by atoms with Crippen molar-refractivity contribution in [2.24, 2.45) is 5.92 Å². The van der Waals surface area contributed by atoms with Gasteiger partial charge in [0.1, 0.15) is 0 Å². The summed E-state index contributed by atoms with van der Waals surface area (Å²) in [6.07, 6.45) is -0.0418. The van der Waals surface area contributed by atoms with E-state index in [1.54, 1.807) is 0 Å². The van der Waals surface area contributed by atoms with Gasteiger partial charge in [0, 0.05) is 12.2 Å². The zero-order valence-corrected chi connectivity index (χ0v) is 10.8. The van der Waals surface area contributed by atoms with E-state index < -0.39 is 23.3 Å². The molecule has 0 spiro atoms. The van der Waals surface area contributed by atoms with E-state index in [0.29, 0.717) is 18.2 Å². The monoisotopic (exact) mass is 287 g/mol. The van der Waals surface area contributed by atoms with Gasteiger partial charge in [0.25, 0.3) is 0 Å². The Morgan fingerprint density at radius 1 is 1.35 bits per heavy atom. The summed E-state index contributed by atoms with van der Waals surface area (Å²) in [5.74, 6) is -0.879. The maximum atomic E-state index is 12.7. The fourth-order valence-corrected chi connectivity index (χ4v) is 2.28. The van der Waals surface area contributed by atoms with Crippen LogP contribution in [0.25, 0.3) is 0 Å². The van der Waals surface area contributed by atoms with Crippen molar-refractivity contribution in [3.05, 3.63) is 29.3 Å². The normalized spacial score (nSPS) is 15.8. The number of rotatable bonds is 5. The van der Waals surface area contributed by atoms with Crippen molar-refractivity contribution in [1.29, 1.82) is 0 Å². The van der Waals surface area contributed by atoms with E-state index in [2.05, 4.69) is 5.32 Å². The molecule has 3 nitrogen and oxygen atoms in total. The predicted molar refractivity (Wildman–Crippen MR) is 68.9 cm³/mol. The van der Waals surface area contributed by atoms with Crippen LogP contribution in [0.5, 0.6) is 0 Å². The van der Waals surface area contributed by atoms with Gasteiger partial charge in [-0.2, -0.15) is 13.2 Å². The summed E-state index contributed by atoms with van der Waals surface area (Å²) in [5, 5.41) is 11.9. The lowest BCUT2D eigenvalue weighted by molar-refractivity contribution is -0.138. The number of anilines is 1. The second kappa shape index (κ2) is 5.73. The number of benzene rings is 1. The van der Waals surface area contributed by atoms with Crippen molar-refractivity contribution in [3.8, 4) is 0 Å². The lowest BCUT2D eigenvalue weighted by Gasteiger charge is -2.25. The number of carboxylic acid groups (broad SMARTS) is 1. The van der Waals surface area contributed by atoms with E-state index in [4.69, 9.17) is 5.11 Å². The molecule has 0 amide bonds. The molecule has 2 rings (SSSR count). The summed E-state index contributed by atoms with van der Waals surface area (Å²) in [5.41, 5.74) is -1.42. The minimum atomic E-state index is -4.65. The Kier molecular flexibility index (Phi) is 4.20. The fourth-order valence-electron chi connectivity index (χ4n) is 2.28. The van der Waals surface area contributed by atoms with Crippen molar-refractivity contribution in [1.82, 2.24) is 0 Å². The fraction of sp³-hybridized carbons (Fsp3) is 0.500. The molecule has 0 atom stereocenters. The second-order valence-electron chi connectivity index (χ2n) is 5.08. The van der Waals surface area contributed by atoms with Crippen LogP contribution in [-0.2, 0) is 6.18 Å². The van der Waals surface area contributed by atoms with Crippen LogP contribution in [0.1, 0.15) is 41.6 Å². The van der Waals surface area contributed by atoms with E-state index in [1.807, 2.05) is 0 Å². The van der Waals surface area contributed by atoms with Crippen LogP contribution in [0, 0.1) is 5.92 Å². The van der Waals surface area contributed by atoms with Crippen molar-refractivity contribution in [2.45, 2.75) is 31.9 Å². The molecule has 0 aromatic heterocycles. The molecule has 0 unspecified atom stereocenters. The first-order chi connectivity index (χ1) is 9.38. The molecule has 20 heavy (non-hydrogen) atoms. The van der Waals surface area contributed by atoms with Crippen molar-refractivity contribution >= 4 is 11.7 Å². The molecule has 0 saturated heterocycles. The second-order valence-corrected chi connectivity index (χ2v) is 5.08. The third-order valence-electron chi connectivity index (χ3n) is 3.66. The topological polar surface area (TPSA) is 49.3 Å². The zero-order chi connectivity index (χ0) is 14.8. The van der Waals surface area contributed by atoms with Gasteiger partial charge in [0.2, 0.25) is 0 Å². The summed E-state index contributed by atoms with van der Waals surface area (Å²) in [6, 6.07) is 3.14. The molecule has 1 aliphatic rings. The zero-order valence-electron chi connectivity index (χ0n) is 10.8. The first kappa shape index (κ1) is 14.7. The molecule has 1 aromatic carbocycles. The maximum absolute atomic E-state index is 12.7. The average molecular weight is 287 g/mol. The first-order valence-corrected chi connectivity index (χ1v) is 6.56. The molecule has 0 heterocycles. The van der Waals surface area contributed by atoms with E-state index in [9.17, 15) is 18.0 Å². The van der Waals surface area contributed by atoms with E-state index in [1.165, 1.54) is 25.3 Å². The van der Waals surface area contributed by atoms with Crippen molar-refractivity contribution in [3.63, 3.8) is 0 Å². The number of hydrogen-bond donors (Lipinski definition) is 2. The summed E-state index contributed by atoms with van der Waals surface area (Å²) in [4.78, 5) is 10.9. The highest BCUT2D eigenvalue weighted by Gasteiger charge is 2.35.